The SMILES string of the molecule is FC(F)(F)Cn1nnnc1CN1CCCC[C@H]2CCCC[C@@H]21. The van der Waals surface area contributed by atoms with Crippen LogP contribution in [0.5, 0.6) is 0 Å². The lowest BCUT2D eigenvalue weighted by Crippen LogP contribution is -2.41. The Balaban J connectivity index is 1.72. The second-order valence-corrected chi connectivity index (χ2v) is 6.45. The summed E-state index contributed by atoms with van der Waals surface area (Å²) < 4.78 is 38.6. The van der Waals surface area contributed by atoms with Crippen molar-refractivity contribution in [2.75, 3.05) is 6.54 Å². The fourth-order valence-corrected chi connectivity index (χ4v) is 3.90. The molecule has 1 aromatic rings. The van der Waals surface area contributed by atoms with Gasteiger partial charge in [0, 0.05) is 6.04 Å². The molecular weight excluding hydrogens is 295 g/mol. The Morgan fingerprint density at radius 3 is 2.55 bits per heavy atom. The van der Waals surface area contributed by atoms with Gasteiger partial charge in [-0.3, -0.25) is 4.90 Å². The average Bonchev–Trinajstić information content (AvgIpc) is 2.77. The number of fused-ring (bicyclic) bond motifs is 1. The molecule has 2 fully saturated rings. The van der Waals surface area contributed by atoms with Crippen molar-refractivity contribution in [3.05, 3.63) is 5.82 Å². The van der Waals surface area contributed by atoms with Gasteiger partial charge in [0.15, 0.2) is 5.82 Å². The third-order valence-electron chi connectivity index (χ3n) is 4.89. The van der Waals surface area contributed by atoms with Gasteiger partial charge in [0.05, 0.1) is 6.54 Å². The van der Waals surface area contributed by atoms with Crippen molar-refractivity contribution < 1.29 is 13.2 Å². The van der Waals surface area contributed by atoms with Crippen molar-refractivity contribution in [1.29, 1.82) is 0 Å². The number of aromatic nitrogens is 4. The zero-order chi connectivity index (χ0) is 15.6. The second-order valence-electron chi connectivity index (χ2n) is 6.45. The first-order valence-electron chi connectivity index (χ1n) is 8.09. The summed E-state index contributed by atoms with van der Waals surface area (Å²) >= 11 is 0. The molecule has 0 amide bonds. The quantitative estimate of drug-likeness (QED) is 0.860. The molecule has 124 valence electrons. The maximum Gasteiger partial charge on any atom is 0.408 e. The summed E-state index contributed by atoms with van der Waals surface area (Å²) in [7, 11) is 0. The van der Waals surface area contributed by atoms with Crippen LogP contribution in [0.25, 0.3) is 0 Å². The van der Waals surface area contributed by atoms with Crippen molar-refractivity contribution in [2.45, 2.75) is 70.3 Å². The van der Waals surface area contributed by atoms with Crippen LogP contribution in [-0.2, 0) is 13.1 Å². The van der Waals surface area contributed by atoms with Crippen LogP contribution in [0.1, 0.15) is 50.8 Å². The van der Waals surface area contributed by atoms with Crippen LogP contribution in [0.15, 0.2) is 0 Å². The predicted molar refractivity (Wildman–Crippen MR) is 73.9 cm³/mol. The highest BCUT2D eigenvalue weighted by Gasteiger charge is 2.34. The van der Waals surface area contributed by atoms with Crippen LogP contribution in [0, 0.1) is 5.92 Å². The number of alkyl halides is 3. The Morgan fingerprint density at radius 1 is 1.05 bits per heavy atom. The molecule has 8 heteroatoms. The maximum absolute atomic E-state index is 12.6. The zero-order valence-corrected chi connectivity index (χ0v) is 12.6. The number of tetrazole rings is 1. The highest BCUT2D eigenvalue weighted by molar-refractivity contribution is 4.90. The molecule has 5 nitrogen and oxygen atoms in total. The van der Waals surface area contributed by atoms with Crippen molar-refractivity contribution >= 4 is 0 Å². The highest BCUT2D eigenvalue weighted by Crippen LogP contribution is 2.35. The number of hydrogen-bond donors (Lipinski definition) is 0. The standard InChI is InChI=1S/C14H22F3N5/c15-14(16,17)10-22-13(18-19-20-22)9-21-8-4-3-6-11-5-1-2-7-12(11)21/h11-12H,1-10H2/t11-,12+/m1/s1. The van der Waals surface area contributed by atoms with Gasteiger partial charge in [0.25, 0.3) is 0 Å². The second kappa shape index (κ2) is 6.52. The molecule has 0 N–H and O–H groups in total. The number of nitrogens with zero attached hydrogens (tertiary/aromatic N) is 5. The molecule has 0 unspecified atom stereocenters. The van der Waals surface area contributed by atoms with Gasteiger partial charge in [-0.15, -0.1) is 5.10 Å². The molecule has 2 aliphatic rings. The van der Waals surface area contributed by atoms with Crippen molar-refractivity contribution in [2.24, 2.45) is 5.92 Å². The van der Waals surface area contributed by atoms with E-state index in [1.807, 2.05) is 0 Å². The van der Waals surface area contributed by atoms with Crippen LogP contribution in [-0.4, -0.2) is 43.9 Å². The van der Waals surface area contributed by atoms with E-state index in [9.17, 15) is 13.2 Å². The van der Waals surface area contributed by atoms with E-state index in [2.05, 4.69) is 20.4 Å². The summed E-state index contributed by atoms with van der Waals surface area (Å²) in [6.45, 7) is 0.238. The van der Waals surface area contributed by atoms with Gasteiger partial charge in [-0.2, -0.15) is 13.2 Å². The van der Waals surface area contributed by atoms with E-state index in [0.717, 1.165) is 24.1 Å². The Bertz CT molecular complexity index is 487. The van der Waals surface area contributed by atoms with E-state index in [0.29, 0.717) is 24.3 Å². The van der Waals surface area contributed by atoms with E-state index in [1.54, 1.807) is 0 Å². The fourth-order valence-electron chi connectivity index (χ4n) is 3.90. The third kappa shape index (κ3) is 3.77. The highest BCUT2D eigenvalue weighted by atomic mass is 19.4. The smallest absolute Gasteiger partial charge is 0.293 e. The molecule has 0 bridgehead atoms. The lowest BCUT2D eigenvalue weighted by Gasteiger charge is -2.37. The Morgan fingerprint density at radius 2 is 1.77 bits per heavy atom. The van der Waals surface area contributed by atoms with Gasteiger partial charge in [-0.25, -0.2) is 4.68 Å². The molecular formula is C14H22F3N5. The zero-order valence-electron chi connectivity index (χ0n) is 12.6. The summed E-state index contributed by atoms with van der Waals surface area (Å²) in [5.41, 5.74) is 0. The number of halogens is 3. The molecule has 1 aliphatic carbocycles. The normalized spacial score (nSPS) is 27.4. The van der Waals surface area contributed by atoms with Crippen LogP contribution in [0.4, 0.5) is 13.2 Å². The Labute approximate surface area is 127 Å². The molecule has 22 heavy (non-hydrogen) atoms. The monoisotopic (exact) mass is 317 g/mol. The molecule has 2 atom stereocenters. The molecule has 0 spiro atoms. The fraction of sp³-hybridized carbons (Fsp3) is 0.929. The number of likely N-dealkylation sites (tertiary alicyclic amines) is 1. The van der Waals surface area contributed by atoms with Crippen molar-refractivity contribution in [3.63, 3.8) is 0 Å². The Hall–Kier alpha value is -1.18. The van der Waals surface area contributed by atoms with E-state index in [-0.39, 0.29) is 0 Å². The first-order chi connectivity index (χ1) is 10.5. The van der Waals surface area contributed by atoms with E-state index >= 15 is 0 Å². The van der Waals surface area contributed by atoms with Crippen LogP contribution >= 0.6 is 0 Å². The summed E-state index contributed by atoms with van der Waals surface area (Å²) in [5.74, 6) is 1.01. The topological polar surface area (TPSA) is 46.8 Å². The minimum atomic E-state index is -4.30. The van der Waals surface area contributed by atoms with Gasteiger partial charge in [0.2, 0.25) is 0 Å². The van der Waals surface area contributed by atoms with Gasteiger partial charge in [-0.1, -0.05) is 19.3 Å². The average molecular weight is 317 g/mol. The molecule has 0 aromatic carbocycles. The minimum Gasteiger partial charge on any atom is -0.293 e. The molecule has 2 heterocycles. The van der Waals surface area contributed by atoms with Crippen LogP contribution < -0.4 is 0 Å². The van der Waals surface area contributed by atoms with Crippen LogP contribution in [0.2, 0.25) is 0 Å². The minimum absolute atomic E-state index is 0.323. The maximum atomic E-state index is 12.6. The lowest BCUT2D eigenvalue weighted by molar-refractivity contribution is -0.143. The van der Waals surface area contributed by atoms with Gasteiger partial charge in [-0.05, 0) is 48.6 Å². The van der Waals surface area contributed by atoms with Crippen molar-refractivity contribution in [1.82, 2.24) is 25.1 Å². The van der Waals surface area contributed by atoms with E-state index < -0.39 is 12.7 Å². The van der Waals surface area contributed by atoms with Gasteiger partial charge in [0.1, 0.15) is 6.54 Å². The largest absolute Gasteiger partial charge is 0.408 e. The summed E-state index contributed by atoms with van der Waals surface area (Å²) in [6.07, 6.45) is 4.15. The first kappa shape index (κ1) is 15.7. The molecule has 1 aliphatic heterocycles. The number of hydrogen-bond acceptors (Lipinski definition) is 4. The summed E-state index contributed by atoms with van der Waals surface area (Å²) in [5, 5.41) is 10.8. The third-order valence-corrected chi connectivity index (χ3v) is 4.89. The van der Waals surface area contributed by atoms with Crippen molar-refractivity contribution in [3.8, 4) is 0 Å². The predicted octanol–water partition coefficient (Wildman–Crippen LogP) is 2.78. The molecule has 3 rings (SSSR count). The summed E-state index contributed by atoms with van der Waals surface area (Å²) in [4.78, 5) is 2.31. The lowest BCUT2D eigenvalue weighted by atomic mass is 9.82. The first-order valence-corrected chi connectivity index (χ1v) is 8.09. The van der Waals surface area contributed by atoms with E-state index in [4.69, 9.17) is 0 Å². The number of rotatable bonds is 3. The molecule has 1 aromatic heterocycles. The van der Waals surface area contributed by atoms with Crippen LogP contribution in [0.3, 0.4) is 0 Å². The Kier molecular flexibility index (Phi) is 4.65. The summed E-state index contributed by atoms with van der Waals surface area (Å²) in [6, 6.07) is 0.479. The molecule has 1 saturated heterocycles. The molecule has 0 radical (unpaired) electrons. The van der Waals surface area contributed by atoms with Gasteiger partial charge < -0.3 is 0 Å². The van der Waals surface area contributed by atoms with E-state index in [1.165, 1.54) is 32.1 Å². The molecule has 1 saturated carbocycles. The van der Waals surface area contributed by atoms with Gasteiger partial charge >= 0.3 is 6.18 Å².